The molecule has 0 aromatic rings. The van der Waals surface area contributed by atoms with Gasteiger partial charge < -0.3 is 89.9 Å². The zero-order valence-electron chi connectivity index (χ0n) is 68.4. The standard InChI is InChI=1S/C92H155NO18/c1-3-5-7-9-11-13-15-17-19-21-23-25-27-29-31-32-33-34-35-36-37-38-39-40-41-42-44-46-48-50-52-54-56-58-60-62-64-66-68-70-80(98)93-75(76(97)69-67-65-63-61-59-57-55-53-51-49-47-45-43-30-28-26-24-22-20-18-16-14-12-10-8-6-4-2)74-106-90-86(104)83(101)88(78(72-95)108-90)111-92-87(105)84(102)89(79(73-96)109-92)110-91-85(103)82(100)81(99)77(71-94)107-91/h5,7,11,13,17,19,23,25,29,31,33-34,36-37,39-40,42,44,48,50,54,56,67,69,75-79,81-92,94-97,99-105H,3-4,6,8-10,12,14-16,18,20-22,24,26-28,30,32,35,38,41,43,45-47,49,51-53,55,57-66,68,70-74H2,1-2H3,(H,93,98)/b7-5-,13-11-,19-17-,25-23-,31-29-,34-33-,37-36-,40-39-,44-42-,50-48-,56-54-,69-67+. The first-order valence-corrected chi connectivity index (χ1v) is 43.6. The molecule has 0 aromatic heterocycles. The Kier molecular flexibility index (Phi) is 63.5. The summed E-state index contributed by atoms with van der Waals surface area (Å²) in [7, 11) is 0. The van der Waals surface area contributed by atoms with Gasteiger partial charge in [-0.05, 0) is 103 Å². The van der Waals surface area contributed by atoms with Crippen LogP contribution < -0.4 is 5.32 Å². The molecule has 3 saturated heterocycles. The fourth-order valence-electron chi connectivity index (χ4n) is 13.7. The minimum Gasteiger partial charge on any atom is -0.394 e. The number of amides is 1. The van der Waals surface area contributed by atoms with E-state index < -0.39 is 124 Å². The van der Waals surface area contributed by atoms with Crippen molar-refractivity contribution in [2.75, 3.05) is 26.4 Å². The average molecular weight is 1560 g/mol. The van der Waals surface area contributed by atoms with Crippen molar-refractivity contribution in [3.05, 3.63) is 146 Å². The largest absolute Gasteiger partial charge is 0.394 e. The van der Waals surface area contributed by atoms with E-state index in [2.05, 4.69) is 153 Å². The quantitative estimate of drug-likeness (QED) is 0.0199. The summed E-state index contributed by atoms with van der Waals surface area (Å²) < 4.78 is 34.5. The Bertz CT molecular complexity index is 2580. The first kappa shape index (κ1) is 101. The van der Waals surface area contributed by atoms with Gasteiger partial charge in [0, 0.05) is 6.42 Å². The lowest BCUT2D eigenvalue weighted by Gasteiger charge is -2.48. The number of carbonyl (C=O) groups is 1. The summed E-state index contributed by atoms with van der Waals surface area (Å²) in [4.78, 5) is 13.5. The van der Waals surface area contributed by atoms with E-state index in [9.17, 15) is 61.0 Å². The predicted molar refractivity (Wildman–Crippen MR) is 447 cm³/mol. The van der Waals surface area contributed by atoms with Crippen LogP contribution in [0.25, 0.3) is 0 Å². The monoisotopic (exact) mass is 1560 g/mol. The third kappa shape index (κ3) is 48.7. The fourth-order valence-corrected chi connectivity index (χ4v) is 13.7. The van der Waals surface area contributed by atoms with Crippen molar-refractivity contribution in [2.45, 2.75) is 401 Å². The molecule has 111 heavy (non-hydrogen) atoms. The highest BCUT2D eigenvalue weighted by atomic mass is 16.8. The summed E-state index contributed by atoms with van der Waals surface area (Å²) in [6.45, 7) is 1.63. The van der Waals surface area contributed by atoms with Crippen molar-refractivity contribution in [1.29, 1.82) is 0 Å². The summed E-state index contributed by atoms with van der Waals surface area (Å²) in [5, 5.41) is 121. The van der Waals surface area contributed by atoms with E-state index >= 15 is 0 Å². The third-order valence-electron chi connectivity index (χ3n) is 20.6. The van der Waals surface area contributed by atoms with Gasteiger partial charge in [0.05, 0.1) is 38.6 Å². The SMILES string of the molecule is CC/C=C\C/C=C\C/C=C\C/C=C\C/C=C\C/C=C\C/C=C\C/C=C\C/C=C\C/C=C\C/C=C\CCCCCCCC(=O)NC(COC1OC(CO)C(OC2OC(CO)C(OC3OC(CO)C(O)C(O)C3O)C(O)C2O)C(O)C1O)C(O)/C=C/CCCCCCCCCCCCCCCCCCCCCCCCCCC. The Labute approximate surface area is 670 Å². The molecule has 636 valence electrons. The van der Waals surface area contributed by atoms with Gasteiger partial charge in [-0.1, -0.05) is 333 Å². The zero-order valence-corrected chi connectivity index (χ0v) is 68.4. The molecule has 0 spiro atoms. The molecule has 19 heteroatoms. The van der Waals surface area contributed by atoms with Crippen LogP contribution in [-0.2, 0) is 33.2 Å². The molecule has 1 amide bonds. The number of hydrogen-bond acceptors (Lipinski definition) is 18. The third-order valence-corrected chi connectivity index (χ3v) is 20.6. The molecular formula is C92H155NO18. The van der Waals surface area contributed by atoms with E-state index in [1.807, 2.05) is 6.08 Å². The number of aliphatic hydroxyl groups excluding tert-OH is 11. The molecule has 0 bridgehead atoms. The summed E-state index contributed by atoms with van der Waals surface area (Å²) in [5.41, 5.74) is 0. The lowest BCUT2D eigenvalue weighted by Crippen LogP contribution is -2.66. The maximum Gasteiger partial charge on any atom is 0.220 e. The number of rotatable bonds is 68. The lowest BCUT2D eigenvalue weighted by atomic mass is 9.96. The summed E-state index contributed by atoms with van der Waals surface area (Å²) in [6.07, 6.45) is 75.4. The first-order valence-electron chi connectivity index (χ1n) is 43.6. The number of carbonyl (C=O) groups excluding carboxylic acids is 1. The van der Waals surface area contributed by atoms with E-state index in [4.69, 9.17) is 28.4 Å². The van der Waals surface area contributed by atoms with Crippen molar-refractivity contribution >= 4 is 5.91 Å². The molecule has 3 heterocycles. The van der Waals surface area contributed by atoms with Crippen LogP contribution in [0.1, 0.15) is 296 Å². The van der Waals surface area contributed by atoms with Gasteiger partial charge in [0.25, 0.3) is 0 Å². The van der Waals surface area contributed by atoms with Crippen LogP contribution in [-0.4, -0.2) is 193 Å². The number of ether oxygens (including phenoxy) is 6. The van der Waals surface area contributed by atoms with Gasteiger partial charge in [0.15, 0.2) is 18.9 Å². The smallest absolute Gasteiger partial charge is 0.220 e. The van der Waals surface area contributed by atoms with Crippen molar-refractivity contribution in [2.24, 2.45) is 0 Å². The van der Waals surface area contributed by atoms with Crippen LogP contribution in [0, 0.1) is 0 Å². The Morgan fingerprint density at radius 2 is 0.622 bits per heavy atom. The molecule has 17 atom stereocenters. The second-order valence-corrected chi connectivity index (χ2v) is 30.3. The van der Waals surface area contributed by atoms with Gasteiger partial charge >= 0.3 is 0 Å². The summed E-state index contributed by atoms with van der Waals surface area (Å²) in [5.74, 6) is -0.297. The number of unbranched alkanes of at least 4 members (excludes halogenated alkanes) is 30. The summed E-state index contributed by atoms with van der Waals surface area (Å²) >= 11 is 0. The highest BCUT2D eigenvalue weighted by Gasteiger charge is 2.54. The van der Waals surface area contributed by atoms with E-state index in [1.54, 1.807) is 6.08 Å². The van der Waals surface area contributed by atoms with Crippen LogP contribution >= 0.6 is 0 Å². The summed E-state index contributed by atoms with van der Waals surface area (Å²) in [6, 6.07) is -0.997. The maximum absolute atomic E-state index is 13.5. The first-order chi connectivity index (χ1) is 54.3. The minimum atomic E-state index is -1.99. The highest BCUT2D eigenvalue weighted by molar-refractivity contribution is 5.76. The van der Waals surface area contributed by atoms with E-state index in [-0.39, 0.29) is 18.9 Å². The molecule has 3 aliphatic rings. The Morgan fingerprint density at radius 1 is 0.333 bits per heavy atom. The molecule has 0 aliphatic carbocycles. The normalized spacial score (nSPS) is 25.8. The van der Waals surface area contributed by atoms with E-state index in [0.717, 1.165) is 128 Å². The van der Waals surface area contributed by atoms with E-state index in [1.165, 1.54) is 141 Å². The van der Waals surface area contributed by atoms with Crippen LogP contribution in [0.5, 0.6) is 0 Å². The molecule has 0 radical (unpaired) electrons. The Hall–Kier alpha value is -4.33. The molecule has 0 saturated carbocycles. The van der Waals surface area contributed by atoms with Gasteiger partial charge in [-0.2, -0.15) is 0 Å². The van der Waals surface area contributed by atoms with Crippen molar-refractivity contribution in [3.8, 4) is 0 Å². The molecule has 3 fully saturated rings. The number of nitrogens with one attached hydrogen (secondary N) is 1. The molecular weight excluding hydrogens is 1410 g/mol. The van der Waals surface area contributed by atoms with Gasteiger partial charge in [-0.3, -0.25) is 4.79 Å². The van der Waals surface area contributed by atoms with Crippen LogP contribution in [0.3, 0.4) is 0 Å². The van der Waals surface area contributed by atoms with E-state index in [0.29, 0.717) is 6.42 Å². The highest BCUT2D eigenvalue weighted by Crippen LogP contribution is 2.33. The van der Waals surface area contributed by atoms with Crippen molar-refractivity contribution in [3.63, 3.8) is 0 Å². The van der Waals surface area contributed by atoms with Gasteiger partial charge in [-0.25, -0.2) is 0 Å². The molecule has 17 unspecified atom stereocenters. The molecule has 3 rings (SSSR count). The number of aliphatic hydroxyl groups is 11. The fraction of sp³-hybridized carbons (Fsp3) is 0.728. The molecule has 12 N–H and O–H groups in total. The van der Waals surface area contributed by atoms with Crippen LogP contribution in [0.15, 0.2) is 146 Å². The van der Waals surface area contributed by atoms with Gasteiger partial charge in [0.1, 0.15) is 73.2 Å². The lowest BCUT2D eigenvalue weighted by molar-refractivity contribution is -0.379. The minimum absolute atomic E-state index is 0.212. The predicted octanol–water partition coefficient (Wildman–Crippen LogP) is 16.2. The molecule has 3 aliphatic heterocycles. The molecule has 0 aromatic carbocycles. The topological polar surface area (TPSA) is 307 Å². The van der Waals surface area contributed by atoms with Crippen molar-refractivity contribution in [1.82, 2.24) is 5.32 Å². The second-order valence-electron chi connectivity index (χ2n) is 30.3. The molecule has 19 nitrogen and oxygen atoms in total. The zero-order chi connectivity index (χ0) is 80.3. The number of allylic oxidation sites excluding steroid dienone is 23. The maximum atomic E-state index is 13.5. The number of hydrogen-bond donors (Lipinski definition) is 12. The van der Waals surface area contributed by atoms with Crippen LogP contribution in [0.4, 0.5) is 0 Å². The van der Waals surface area contributed by atoms with Gasteiger partial charge in [-0.15, -0.1) is 0 Å². The van der Waals surface area contributed by atoms with Crippen LogP contribution in [0.2, 0.25) is 0 Å². The Balaban J connectivity index is 1.36. The van der Waals surface area contributed by atoms with Gasteiger partial charge in [0.2, 0.25) is 5.91 Å². The van der Waals surface area contributed by atoms with Crippen molar-refractivity contribution < 1.29 is 89.4 Å². The average Bonchev–Trinajstić information content (AvgIpc) is 0.780. The second kappa shape index (κ2) is 69.9. The Morgan fingerprint density at radius 3 is 0.973 bits per heavy atom.